The van der Waals surface area contributed by atoms with Crippen molar-refractivity contribution < 1.29 is 14.4 Å². The highest BCUT2D eigenvalue weighted by atomic mass is 16.2. The summed E-state index contributed by atoms with van der Waals surface area (Å²) >= 11 is 0. The summed E-state index contributed by atoms with van der Waals surface area (Å²) in [6.45, 7) is 0. The Kier molecular flexibility index (Phi) is 3.76. The van der Waals surface area contributed by atoms with Gasteiger partial charge in [0.2, 0.25) is 0 Å². The maximum Gasteiger partial charge on any atom is 0.352 e. The average Bonchev–Trinajstić information content (AvgIpc) is 1.96. The summed E-state index contributed by atoms with van der Waals surface area (Å²) in [5, 5.41) is 0. The van der Waals surface area contributed by atoms with Crippen molar-refractivity contribution in [1.82, 2.24) is 21.7 Å². The first-order valence-electron chi connectivity index (χ1n) is 2.69. The van der Waals surface area contributed by atoms with Crippen molar-refractivity contribution in [3.63, 3.8) is 0 Å². The maximum atomic E-state index is 10.5. The molecule has 12 heavy (non-hydrogen) atoms. The predicted octanol–water partition coefficient (Wildman–Crippen LogP) is -2.55. The molecule has 0 spiro atoms. The molecule has 68 valence electrons. The van der Waals surface area contributed by atoms with Crippen LogP contribution in [0.15, 0.2) is 0 Å². The van der Waals surface area contributed by atoms with Crippen molar-refractivity contribution in [2.45, 2.75) is 0 Å². The van der Waals surface area contributed by atoms with Crippen LogP contribution in [0.4, 0.5) is 14.4 Å². The predicted molar refractivity (Wildman–Crippen MR) is 37.1 cm³/mol. The highest BCUT2D eigenvalue weighted by Gasteiger charge is 1.99. The van der Waals surface area contributed by atoms with Crippen LogP contribution in [0.1, 0.15) is 0 Å². The van der Waals surface area contributed by atoms with Gasteiger partial charge in [-0.2, -0.15) is 0 Å². The Morgan fingerprint density at radius 3 is 1.33 bits per heavy atom. The van der Waals surface area contributed by atoms with Crippen LogP contribution in [-0.2, 0) is 0 Å². The number of carbonyl (C=O) groups excluding carboxylic acids is 3. The number of hydrogen-bond acceptors (Lipinski definition) is 3. The van der Waals surface area contributed by atoms with Gasteiger partial charge >= 0.3 is 18.1 Å². The molecule has 9 heteroatoms. The van der Waals surface area contributed by atoms with Gasteiger partial charge in [-0.3, -0.25) is 0 Å². The molecule has 0 aliphatic heterocycles. The van der Waals surface area contributed by atoms with Crippen molar-refractivity contribution in [2.75, 3.05) is 0 Å². The molecular weight excluding hydrogens is 168 g/mol. The quantitative estimate of drug-likeness (QED) is 0.225. The van der Waals surface area contributed by atoms with Crippen LogP contribution in [0.25, 0.3) is 0 Å². The molecule has 0 atom stereocenters. The molecule has 0 radical (unpaired) electrons. The first-order valence-corrected chi connectivity index (χ1v) is 2.69. The number of nitrogens with one attached hydrogen (secondary N) is 4. The minimum atomic E-state index is -0.941. The second kappa shape index (κ2) is 4.60. The van der Waals surface area contributed by atoms with E-state index in [-0.39, 0.29) is 0 Å². The first kappa shape index (κ1) is 9.81. The fourth-order valence-electron chi connectivity index (χ4n) is 0.268. The molecule has 0 saturated heterocycles. The van der Waals surface area contributed by atoms with Gasteiger partial charge in [-0.25, -0.2) is 36.1 Å². The van der Waals surface area contributed by atoms with Crippen LogP contribution < -0.4 is 33.2 Å². The number of carbonyl (C=O) groups is 3. The maximum absolute atomic E-state index is 10.5. The van der Waals surface area contributed by atoms with E-state index in [9.17, 15) is 14.4 Å². The van der Waals surface area contributed by atoms with E-state index in [1.165, 1.54) is 0 Å². The van der Waals surface area contributed by atoms with Gasteiger partial charge in [-0.05, 0) is 0 Å². The second-order valence-corrected chi connectivity index (χ2v) is 1.56. The van der Waals surface area contributed by atoms with E-state index in [1.54, 1.807) is 21.7 Å². The number of hydrazine groups is 2. The van der Waals surface area contributed by atoms with Crippen LogP contribution in [0.3, 0.4) is 0 Å². The summed E-state index contributed by atoms with van der Waals surface area (Å²) in [4.78, 5) is 30.5. The number of urea groups is 3. The summed E-state index contributed by atoms with van der Waals surface area (Å²) in [6.07, 6.45) is 0. The Hall–Kier alpha value is -2.19. The van der Waals surface area contributed by atoms with E-state index in [0.29, 0.717) is 0 Å². The molecule has 0 fully saturated rings. The van der Waals surface area contributed by atoms with Gasteiger partial charge in [0.15, 0.2) is 0 Å². The number of amides is 6. The smallest absolute Gasteiger partial charge is 0.350 e. The molecule has 0 bridgehead atoms. The molecule has 8 N–H and O–H groups in total. The van der Waals surface area contributed by atoms with E-state index in [1.807, 2.05) is 0 Å². The summed E-state index contributed by atoms with van der Waals surface area (Å²) in [5.41, 5.74) is 16.3. The molecule has 6 amide bonds. The molecule has 0 rings (SSSR count). The van der Waals surface area contributed by atoms with Crippen molar-refractivity contribution in [3.05, 3.63) is 0 Å². The van der Waals surface area contributed by atoms with Crippen molar-refractivity contribution in [3.8, 4) is 0 Å². The van der Waals surface area contributed by atoms with Gasteiger partial charge < -0.3 is 11.5 Å². The average molecular weight is 176 g/mol. The summed E-state index contributed by atoms with van der Waals surface area (Å²) in [7, 11) is 0. The first-order chi connectivity index (χ1) is 5.52. The topological polar surface area (TPSA) is 151 Å². The monoisotopic (exact) mass is 176 g/mol. The minimum Gasteiger partial charge on any atom is -0.350 e. The van der Waals surface area contributed by atoms with Crippen LogP contribution in [0.2, 0.25) is 0 Å². The summed E-state index contributed by atoms with van der Waals surface area (Å²) in [5.74, 6) is 0. The Morgan fingerprint density at radius 2 is 1.08 bits per heavy atom. The molecule has 0 heterocycles. The molecule has 9 nitrogen and oxygen atoms in total. The third-order valence-corrected chi connectivity index (χ3v) is 0.598. The van der Waals surface area contributed by atoms with E-state index < -0.39 is 18.1 Å². The lowest BCUT2D eigenvalue weighted by Gasteiger charge is -2.05. The number of primary amides is 2. The van der Waals surface area contributed by atoms with Crippen molar-refractivity contribution in [2.24, 2.45) is 11.5 Å². The molecule has 0 unspecified atom stereocenters. The Labute approximate surface area is 66.8 Å². The lowest BCUT2D eigenvalue weighted by molar-refractivity contribution is 0.221. The van der Waals surface area contributed by atoms with Crippen LogP contribution in [-0.4, -0.2) is 18.1 Å². The highest BCUT2D eigenvalue weighted by Crippen LogP contribution is 1.56. The molecule has 0 aromatic rings. The molecule has 0 saturated carbocycles. The van der Waals surface area contributed by atoms with Gasteiger partial charge in [-0.1, -0.05) is 0 Å². The van der Waals surface area contributed by atoms with Gasteiger partial charge in [0.25, 0.3) is 0 Å². The lowest BCUT2D eigenvalue weighted by Crippen LogP contribution is -2.54. The zero-order valence-electron chi connectivity index (χ0n) is 5.88. The minimum absolute atomic E-state index is 0.882. The van der Waals surface area contributed by atoms with E-state index in [0.717, 1.165) is 0 Å². The third kappa shape index (κ3) is 5.94. The molecule has 0 aliphatic carbocycles. The molecule has 0 aromatic carbocycles. The fourth-order valence-corrected chi connectivity index (χ4v) is 0.268. The standard InChI is InChI=1S/C3H8N6O3/c4-1(10)6-8-3(12)9-7-2(5)11/h(H3,4,6,10)(H3,5,7,11)(H2,8,9,12). The number of hydrogen-bond donors (Lipinski definition) is 6. The Balaban J connectivity index is 3.47. The fraction of sp³-hybridized carbons (Fsp3) is 0. The largest absolute Gasteiger partial charge is 0.352 e. The molecule has 0 aromatic heterocycles. The van der Waals surface area contributed by atoms with E-state index >= 15 is 0 Å². The zero-order valence-corrected chi connectivity index (χ0v) is 5.88. The van der Waals surface area contributed by atoms with Gasteiger partial charge in [-0.15, -0.1) is 0 Å². The Morgan fingerprint density at radius 1 is 0.750 bits per heavy atom. The molecule has 0 aliphatic rings. The lowest BCUT2D eigenvalue weighted by atomic mass is 11.0. The van der Waals surface area contributed by atoms with Gasteiger partial charge in [0, 0.05) is 0 Å². The SMILES string of the molecule is NC(=O)NNC(=O)NNC(N)=O. The van der Waals surface area contributed by atoms with Crippen LogP contribution in [0, 0.1) is 0 Å². The van der Waals surface area contributed by atoms with Crippen LogP contribution in [0.5, 0.6) is 0 Å². The summed E-state index contributed by atoms with van der Waals surface area (Å²) in [6, 6.07) is -2.76. The molecular formula is C3H8N6O3. The summed E-state index contributed by atoms with van der Waals surface area (Å²) < 4.78 is 0. The Bertz CT molecular complexity index is 182. The third-order valence-electron chi connectivity index (χ3n) is 0.598. The zero-order chi connectivity index (χ0) is 9.56. The van der Waals surface area contributed by atoms with Gasteiger partial charge in [0.05, 0.1) is 0 Å². The second-order valence-electron chi connectivity index (χ2n) is 1.56. The van der Waals surface area contributed by atoms with E-state index in [4.69, 9.17) is 0 Å². The van der Waals surface area contributed by atoms with Crippen molar-refractivity contribution >= 4 is 18.1 Å². The van der Waals surface area contributed by atoms with Crippen LogP contribution >= 0.6 is 0 Å². The normalized spacial score (nSPS) is 8.00. The van der Waals surface area contributed by atoms with Crippen molar-refractivity contribution in [1.29, 1.82) is 0 Å². The highest BCUT2D eigenvalue weighted by molar-refractivity contribution is 5.81. The number of rotatable bonds is 0. The number of nitrogens with two attached hydrogens (primary N) is 2. The van der Waals surface area contributed by atoms with Gasteiger partial charge in [0.1, 0.15) is 0 Å². The van der Waals surface area contributed by atoms with E-state index in [2.05, 4.69) is 11.5 Å².